The van der Waals surface area contributed by atoms with Gasteiger partial charge in [0.2, 0.25) is 0 Å². The van der Waals surface area contributed by atoms with Gasteiger partial charge in [-0.2, -0.15) is 0 Å². The van der Waals surface area contributed by atoms with Crippen molar-refractivity contribution in [1.29, 1.82) is 0 Å². The van der Waals surface area contributed by atoms with Crippen molar-refractivity contribution in [2.45, 2.75) is 33.2 Å². The first-order valence-corrected chi connectivity index (χ1v) is 7.97. The molecule has 21 heavy (non-hydrogen) atoms. The molecule has 120 valence electrons. The molecule has 0 radical (unpaired) electrons. The Kier molecular flexibility index (Phi) is 8.31. The van der Waals surface area contributed by atoms with Gasteiger partial charge < -0.3 is 15.1 Å². The molecule has 3 nitrogen and oxygen atoms in total. The van der Waals surface area contributed by atoms with Gasteiger partial charge in [0.05, 0.1) is 5.69 Å². The highest BCUT2D eigenvalue weighted by atomic mass is 19.1. The molecule has 0 spiro atoms. The molecule has 0 fully saturated rings. The minimum absolute atomic E-state index is 0.113. The number of nitrogens with one attached hydrogen (secondary N) is 1. The van der Waals surface area contributed by atoms with E-state index in [4.69, 9.17) is 0 Å². The van der Waals surface area contributed by atoms with Crippen molar-refractivity contribution in [3.63, 3.8) is 0 Å². The molecule has 0 aliphatic carbocycles. The Hall–Kier alpha value is -1.13. The molecular weight excluding hydrogens is 265 g/mol. The number of hydrogen-bond acceptors (Lipinski definition) is 3. The number of halogens is 1. The highest BCUT2D eigenvalue weighted by Gasteiger charge is 2.10. The molecule has 0 aliphatic heterocycles. The summed E-state index contributed by atoms with van der Waals surface area (Å²) in [5.41, 5.74) is 1.73. The molecule has 0 bridgehead atoms. The molecule has 1 aromatic rings. The lowest BCUT2D eigenvalue weighted by atomic mass is 10.1. The summed E-state index contributed by atoms with van der Waals surface area (Å²) in [5.74, 6) is -0.113. The van der Waals surface area contributed by atoms with Gasteiger partial charge in [0.15, 0.2) is 0 Å². The first-order valence-electron chi connectivity index (χ1n) is 7.97. The average molecular weight is 295 g/mol. The van der Waals surface area contributed by atoms with Gasteiger partial charge in [-0.25, -0.2) is 4.39 Å². The second-order valence-electron chi connectivity index (χ2n) is 5.70. The summed E-state index contributed by atoms with van der Waals surface area (Å²) in [4.78, 5) is 4.27. The van der Waals surface area contributed by atoms with Crippen molar-refractivity contribution in [2.75, 3.05) is 45.2 Å². The third-order valence-electron chi connectivity index (χ3n) is 3.52. The monoisotopic (exact) mass is 295 g/mol. The van der Waals surface area contributed by atoms with Crippen LogP contribution in [0.5, 0.6) is 0 Å². The summed E-state index contributed by atoms with van der Waals surface area (Å²) in [5, 5.41) is 3.30. The first-order chi connectivity index (χ1) is 10.1. The SMILES string of the molecule is CCCNCc1ccc(N(CC)CCCN(C)C)c(F)c1. The van der Waals surface area contributed by atoms with Crippen LogP contribution in [0, 0.1) is 5.82 Å². The summed E-state index contributed by atoms with van der Waals surface area (Å²) < 4.78 is 14.3. The topological polar surface area (TPSA) is 18.5 Å². The average Bonchev–Trinajstić information content (AvgIpc) is 2.44. The summed E-state index contributed by atoms with van der Waals surface area (Å²) in [6, 6.07) is 5.60. The molecule has 0 atom stereocenters. The fourth-order valence-corrected chi connectivity index (χ4v) is 2.35. The molecule has 0 heterocycles. The molecule has 1 rings (SSSR count). The van der Waals surface area contributed by atoms with E-state index in [0.717, 1.165) is 56.8 Å². The van der Waals surface area contributed by atoms with Crippen molar-refractivity contribution in [2.24, 2.45) is 0 Å². The lowest BCUT2D eigenvalue weighted by Crippen LogP contribution is -2.27. The van der Waals surface area contributed by atoms with Crippen molar-refractivity contribution in [3.05, 3.63) is 29.6 Å². The normalized spacial score (nSPS) is 11.1. The van der Waals surface area contributed by atoms with Gasteiger partial charge in [-0.05, 0) is 64.6 Å². The van der Waals surface area contributed by atoms with E-state index in [0.29, 0.717) is 0 Å². The van der Waals surface area contributed by atoms with Crippen molar-refractivity contribution >= 4 is 5.69 Å². The zero-order valence-electron chi connectivity index (χ0n) is 14.0. The van der Waals surface area contributed by atoms with Gasteiger partial charge in [-0.15, -0.1) is 0 Å². The first kappa shape index (κ1) is 17.9. The van der Waals surface area contributed by atoms with Gasteiger partial charge in [-0.3, -0.25) is 0 Å². The standard InChI is InChI=1S/C17H30FN3/c1-5-10-19-14-15-8-9-17(16(18)13-15)21(6-2)12-7-11-20(3)4/h8-9,13,19H,5-7,10-12,14H2,1-4H3. The molecule has 0 aliphatic rings. The number of rotatable bonds is 10. The van der Waals surface area contributed by atoms with Crippen LogP contribution in [0.4, 0.5) is 10.1 Å². The van der Waals surface area contributed by atoms with Crippen molar-refractivity contribution in [1.82, 2.24) is 10.2 Å². The van der Waals surface area contributed by atoms with Crippen LogP contribution in [0.1, 0.15) is 32.3 Å². The Bertz CT molecular complexity index is 407. The highest BCUT2D eigenvalue weighted by molar-refractivity contribution is 5.49. The van der Waals surface area contributed by atoms with E-state index in [1.807, 2.05) is 12.1 Å². The number of benzene rings is 1. The van der Waals surface area contributed by atoms with Crippen LogP contribution < -0.4 is 10.2 Å². The van der Waals surface area contributed by atoms with Crippen LogP contribution in [0.15, 0.2) is 18.2 Å². The van der Waals surface area contributed by atoms with E-state index in [-0.39, 0.29) is 5.82 Å². The van der Waals surface area contributed by atoms with Crippen LogP contribution in [-0.4, -0.2) is 45.2 Å². The second kappa shape index (κ2) is 9.74. The molecule has 0 unspecified atom stereocenters. The lowest BCUT2D eigenvalue weighted by molar-refractivity contribution is 0.400. The van der Waals surface area contributed by atoms with Crippen molar-refractivity contribution < 1.29 is 4.39 Å². The van der Waals surface area contributed by atoms with Crippen molar-refractivity contribution in [3.8, 4) is 0 Å². The smallest absolute Gasteiger partial charge is 0.146 e. The highest BCUT2D eigenvalue weighted by Crippen LogP contribution is 2.20. The van der Waals surface area contributed by atoms with E-state index >= 15 is 0 Å². The van der Waals surface area contributed by atoms with Crippen LogP contribution in [0.3, 0.4) is 0 Å². The van der Waals surface area contributed by atoms with E-state index < -0.39 is 0 Å². The summed E-state index contributed by atoms with van der Waals surface area (Å²) in [7, 11) is 4.13. The minimum atomic E-state index is -0.113. The third kappa shape index (κ3) is 6.44. The number of anilines is 1. The van der Waals surface area contributed by atoms with Gasteiger partial charge >= 0.3 is 0 Å². The minimum Gasteiger partial charge on any atom is -0.369 e. The predicted octanol–water partition coefficient (Wildman–Crippen LogP) is 3.10. The molecular formula is C17H30FN3. The Morgan fingerprint density at radius 1 is 1.14 bits per heavy atom. The van der Waals surface area contributed by atoms with Crippen LogP contribution in [0.2, 0.25) is 0 Å². The number of nitrogens with zero attached hydrogens (tertiary/aromatic N) is 2. The maximum absolute atomic E-state index is 14.3. The fourth-order valence-electron chi connectivity index (χ4n) is 2.35. The molecule has 1 N–H and O–H groups in total. The zero-order valence-corrected chi connectivity index (χ0v) is 14.0. The number of hydrogen-bond donors (Lipinski definition) is 1. The maximum Gasteiger partial charge on any atom is 0.146 e. The largest absolute Gasteiger partial charge is 0.369 e. The Morgan fingerprint density at radius 3 is 2.48 bits per heavy atom. The van der Waals surface area contributed by atoms with Gasteiger partial charge in [0.25, 0.3) is 0 Å². The molecule has 0 saturated carbocycles. The molecule has 4 heteroatoms. The Morgan fingerprint density at radius 2 is 1.90 bits per heavy atom. The maximum atomic E-state index is 14.3. The zero-order chi connectivity index (χ0) is 15.7. The Balaban J connectivity index is 2.63. The van der Waals surface area contributed by atoms with Crippen LogP contribution in [0.25, 0.3) is 0 Å². The lowest BCUT2D eigenvalue weighted by Gasteiger charge is -2.24. The summed E-state index contributed by atoms with van der Waals surface area (Å²) >= 11 is 0. The molecule has 0 aromatic heterocycles. The second-order valence-corrected chi connectivity index (χ2v) is 5.70. The van der Waals surface area contributed by atoms with Crippen LogP contribution >= 0.6 is 0 Å². The quantitative estimate of drug-likeness (QED) is 0.669. The fraction of sp³-hybridized carbons (Fsp3) is 0.647. The van der Waals surface area contributed by atoms with E-state index in [1.165, 1.54) is 0 Å². The summed E-state index contributed by atoms with van der Waals surface area (Å²) in [6.45, 7) is 8.65. The summed E-state index contributed by atoms with van der Waals surface area (Å²) in [6.07, 6.45) is 2.14. The predicted molar refractivity (Wildman–Crippen MR) is 89.5 cm³/mol. The van der Waals surface area contributed by atoms with E-state index in [1.54, 1.807) is 6.07 Å². The molecule has 1 aromatic carbocycles. The van der Waals surface area contributed by atoms with E-state index in [2.05, 4.69) is 43.1 Å². The Labute approximate surface area is 129 Å². The van der Waals surface area contributed by atoms with E-state index in [9.17, 15) is 4.39 Å². The van der Waals surface area contributed by atoms with Gasteiger partial charge in [0.1, 0.15) is 5.82 Å². The van der Waals surface area contributed by atoms with Gasteiger partial charge in [-0.1, -0.05) is 13.0 Å². The van der Waals surface area contributed by atoms with Gasteiger partial charge in [0, 0.05) is 19.6 Å². The third-order valence-corrected chi connectivity index (χ3v) is 3.52. The van der Waals surface area contributed by atoms with Crippen LogP contribution in [-0.2, 0) is 6.54 Å². The molecule has 0 amide bonds. The molecule has 0 saturated heterocycles.